The summed E-state index contributed by atoms with van der Waals surface area (Å²) in [6.45, 7) is 2.71. The van der Waals surface area contributed by atoms with Gasteiger partial charge in [-0.15, -0.1) is 0 Å². The van der Waals surface area contributed by atoms with Crippen molar-refractivity contribution in [2.24, 2.45) is 0 Å². The monoisotopic (exact) mass is 353 g/mol. The Hall–Kier alpha value is -3.04. The second kappa shape index (κ2) is 10.1. The molecule has 0 aliphatic heterocycles. The van der Waals surface area contributed by atoms with Crippen LogP contribution in [-0.2, 0) is 17.8 Å². The van der Waals surface area contributed by atoms with Crippen LogP contribution in [0, 0.1) is 11.3 Å². The maximum atomic E-state index is 11.9. The van der Waals surface area contributed by atoms with E-state index in [0.717, 1.165) is 16.9 Å². The Balaban J connectivity index is 1.88. The fourth-order valence-corrected chi connectivity index (χ4v) is 2.38. The van der Waals surface area contributed by atoms with Crippen molar-refractivity contribution in [3.63, 3.8) is 0 Å². The van der Waals surface area contributed by atoms with Crippen molar-refractivity contribution in [1.29, 1.82) is 5.26 Å². The molecule has 0 spiro atoms. The number of nitrogens with zero attached hydrogens (tertiary/aromatic N) is 1. The molecule has 6 nitrogen and oxygen atoms in total. The van der Waals surface area contributed by atoms with Crippen molar-refractivity contribution in [2.75, 3.05) is 19.0 Å². The molecule has 2 aromatic rings. The van der Waals surface area contributed by atoms with Gasteiger partial charge in [0.1, 0.15) is 12.4 Å². The minimum Gasteiger partial charge on any atom is -0.489 e. The number of hydrogen-bond acceptors (Lipinski definition) is 4. The Morgan fingerprint density at radius 2 is 1.96 bits per heavy atom. The number of amides is 2. The summed E-state index contributed by atoms with van der Waals surface area (Å²) in [7, 11) is 1.59. The molecule has 2 amide bonds. The van der Waals surface area contributed by atoms with E-state index in [9.17, 15) is 4.79 Å². The second-order valence-corrected chi connectivity index (χ2v) is 5.92. The first-order valence-corrected chi connectivity index (χ1v) is 8.35. The third kappa shape index (κ3) is 6.46. The molecule has 2 N–H and O–H groups in total. The van der Waals surface area contributed by atoms with Gasteiger partial charge in [-0.25, -0.2) is 4.79 Å². The zero-order chi connectivity index (χ0) is 18.8. The molecule has 0 saturated carbocycles. The Morgan fingerprint density at radius 3 is 2.65 bits per heavy atom. The lowest BCUT2D eigenvalue weighted by Gasteiger charge is -2.14. The highest BCUT2D eigenvalue weighted by Gasteiger charge is 2.07. The maximum Gasteiger partial charge on any atom is 0.319 e. The third-order valence-corrected chi connectivity index (χ3v) is 3.59. The molecule has 1 atom stereocenters. The summed E-state index contributed by atoms with van der Waals surface area (Å²) in [5.74, 6) is 0.733. The number of ether oxygens (including phenoxy) is 2. The van der Waals surface area contributed by atoms with Crippen LogP contribution in [0.15, 0.2) is 48.5 Å². The van der Waals surface area contributed by atoms with E-state index in [1.54, 1.807) is 7.11 Å². The van der Waals surface area contributed by atoms with E-state index in [4.69, 9.17) is 14.7 Å². The number of nitrogens with one attached hydrogen (secondary N) is 2. The van der Waals surface area contributed by atoms with Crippen LogP contribution in [0.5, 0.6) is 5.75 Å². The molecule has 136 valence electrons. The quantitative estimate of drug-likeness (QED) is 0.761. The standard InChI is InChI=1S/C20H23N3O3/c1-15(13-25-2)22-20(24)23-18-5-3-4-17(12-18)14-26-19-8-6-16(7-9-19)10-11-21/h3-9,12,15H,10,13-14H2,1-2H3,(H2,22,23,24). The van der Waals surface area contributed by atoms with Crippen LogP contribution >= 0.6 is 0 Å². The molecular weight excluding hydrogens is 330 g/mol. The Labute approximate surface area is 153 Å². The second-order valence-electron chi connectivity index (χ2n) is 5.92. The molecule has 6 heteroatoms. The van der Waals surface area contributed by atoms with Crippen LogP contribution in [-0.4, -0.2) is 25.8 Å². The van der Waals surface area contributed by atoms with E-state index in [2.05, 4.69) is 16.7 Å². The summed E-state index contributed by atoms with van der Waals surface area (Å²) in [6, 6.07) is 16.7. The van der Waals surface area contributed by atoms with Gasteiger partial charge in [0, 0.05) is 12.8 Å². The predicted molar refractivity (Wildman–Crippen MR) is 100 cm³/mol. The summed E-state index contributed by atoms with van der Waals surface area (Å²) >= 11 is 0. The molecule has 0 aromatic heterocycles. The van der Waals surface area contributed by atoms with E-state index >= 15 is 0 Å². The lowest BCUT2D eigenvalue weighted by atomic mass is 10.1. The number of anilines is 1. The number of carbonyl (C=O) groups is 1. The van der Waals surface area contributed by atoms with Gasteiger partial charge < -0.3 is 20.1 Å². The Kier molecular flexibility index (Phi) is 7.47. The van der Waals surface area contributed by atoms with Crippen molar-refractivity contribution in [1.82, 2.24) is 5.32 Å². The Bertz CT molecular complexity index is 754. The summed E-state index contributed by atoms with van der Waals surface area (Å²) in [5.41, 5.74) is 2.59. The molecule has 26 heavy (non-hydrogen) atoms. The van der Waals surface area contributed by atoms with Gasteiger partial charge >= 0.3 is 6.03 Å². The first-order chi connectivity index (χ1) is 12.6. The molecule has 0 radical (unpaired) electrons. The highest BCUT2D eigenvalue weighted by atomic mass is 16.5. The minimum absolute atomic E-state index is 0.0736. The highest BCUT2D eigenvalue weighted by Crippen LogP contribution is 2.16. The van der Waals surface area contributed by atoms with Gasteiger partial charge in [-0.05, 0) is 42.3 Å². The summed E-state index contributed by atoms with van der Waals surface area (Å²) in [5, 5.41) is 14.3. The zero-order valence-electron chi connectivity index (χ0n) is 15.0. The molecule has 0 heterocycles. The fourth-order valence-electron chi connectivity index (χ4n) is 2.38. The first-order valence-electron chi connectivity index (χ1n) is 8.35. The largest absolute Gasteiger partial charge is 0.489 e. The summed E-state index contributed by atoms with van der Waals surface area (Å²) in [4.78, 5) is 11.9. The lowest BCUT2D eigenvalue weighted by molar-refractivity contribution is 0.173. The van der Waals surface area contributed by atoms with Crippen molar-refractivity contribution in [3.05, 3.63) is 59.7 Å². The normalized spacial score (nSPS) is 11.3. The smallest absolute Gasteiger partial charge is 0.319 e. The number of carbonyl (C=O) groups excluding carboxylic acids is 1. The average Bonchev–Trinajstić information content (AvgIpc) is 2.62. The third-order valence-electron chi connectivity index (χ3n) is 3.59. The molecule has 1 unspecified atom stereocenters. The van der Waals surface area contributed by atoms with Crippen molar-refractivity contribution < 1.29 is 14.3 Å². The molecular formula is C20H23N3O3. The maximum absolute atomic E-state index is 11.9. The van der Waals surface area contributed by atoms with Crippen LogP contribution in [0.1, 0.15) is 18.1 Å². The first kappa shape index (κ1) is 19.3. The minimum atomic E-state index is -0.277. The average molecular weight is 353 g/mol. The molecule has 2 rings (SSSR count). The van der Waals surface area contributed by atoms with Crippen LogP contribution in [0.3, 0.4) is 0 Å². The zero-order valence-corrected chi connectivity index (χ0v) is 15.0. The van der Waals surface area contributed by atoms with Crippen LogP contribution in [0.25, 0.3) is 0 Å². The SMILES string of the molecule is COCC(C)NC(=O)Nc1cccc(COc2ccc(CC#N)cc2)c1. The van der Waals surface area contributed by atoms with Crippen LogP contribution in [0.4, 0.5) is 10.5 Å². The number of nitriles is 1. The number of hydrogen-bond donors (Lipinski definition) is 2. The van der Waals surface area contributed by atoms with Crippen molar-refractivity contribution in [2.45, 2.75) is 26.0 Å². The van der Waals surface area contributed by atoms with Crippen LogP contribution in [0.2, 0.25) is 0 Å². The molecule has 0 aliphatic rings. The van der Waals surface area contributed by atoms with Crippen molar-refractivity contribution in [3.8, 4) is 11.8 Å². The molecule has 2 aromatic carbocycles. The topological polar surface area (TPSA) is 83.4 Å². The van der Waals surface area contributed by atoms with Gasteiger partial charge in [0.2, 0.25) is 0 Å². The highest BCUT2D eigenvalue weighted by molar-refractivity contribution is 5.89. The Morgan fingerprint density at radius 1 is 1.19 bits per heavy atom. The van der Waals surface area contributed by atoms with Gasteiger partial charge in [-0.2, -0.15) is 5.26 Å². The van der Waals surface area contributed by atoms with Gasteiger partial charge in [0.25, 0.3) is 0 Å². The molecule has 0 aliphatic carbocycles. The van der Waals surface area contributed by atoms with E-state index in [1.165, 1.54) is 0 Å². The number of rotatable bonds is 8. The fraction of sp³-hybridized carbons (Fsp3) is 0.300. The van der Waals surface area contributed by atoms with Crippen LogP contribution < -0.4 is 15.4 Å². The van der Waals surface area contributed by atoms with E-state index in [1.807, 2.05) is 55.5 Å². The van der Waals surface area contributed by atoms with E-state index < -0.39 is 0 Å². The van der Waals surface area contributed by atoms with Crippen molar-refractivity contribution >= 4 is 11.7 Å². The number of benzene rings is 2. The summed E-state index contributed by atoms with van der Waals surface area (Å²) in [6.07, 6.45) is 0.388. The predicted octanol–water partition coefficient (Wildman–Crippen LogP) is 3.49. The van der Waals surface area contributed by atoms with E-state index in [-0.39, 0.29) is 12.1 Å². The molecule has 0 fully saturated rings. The van der Waals surface area contributed by atoms with Gasteiger partial charge in [-0.1, -0.05) is 24.3 Å². The van der Waals surface area contributed by atoms with Gasteiger partial charge in [0.15, 0.2) is 0 Å². The van der Waals surface area contributed by atoms with E-state index in [0.29, 0.717) is 25.3 Å². The number of urea groups is 1. The van der Waals surface area contributed by atoms with Gasteiger partial charge in [0.05, 0.1) is 25.1 Å². The molecule has 0 saturated heterocycles. The molecule has 0 bridgehead atoms. The van der Waals surface area contributed by atoms with Gasteiger partial charge in [-0.3, -0.25) is 0 Å². The number of methoxy groups -OCH3 is 1. The summed E-state index contributed by atoms with van der Waals surface area (Å²) < 4.78 is 10.7. The lowest BCUT2D eigenvalue weighted by Crippen LogP contribution is -2.38.